The molecule has 0 aromatic heterocycles. The first-order valence-corrected chi connectivity index (χ1v) is 7.29. The highest BCUT2D eigenvalue weighted by Gasteiger charge is 2.18. The van der Waals surface area contributed by atoms with Gasteiger partial charge in [0.15, 0.2) is 0 Å². The molecule has 1 aliphatic heterocycles. The predicted molar refractivity (Wildman–Crippen MR) is 80.8 cm³/mol. The molecule has 98 valence electrons. The van der Waals surface area contributed by atoms with Gasteiger partial charge in [-0.1, -0.05) is 35.9 Å². The number of hydrogen-bond acceptors (Lipinski definition) is 2. The molecule has 0 saturated carbocycles. The minimum atomic E-state index is -0.226. The lowest BCUT2D eigenvalue weighted by Gasteiger charge is -2.16. The Morgan fingerprint density at radius 3 is 2.95 bits per heavy atom. The topological polar surface area (TPSA) is 35.2 Å². The summed E-state index contributed by atoms with van der Waals surface area (Å²) in [5.74, 6) is 0.969. The van der Waals surface area contributed by atoms with Gasteiger partial charge in [-0.05, 0) is 44.8 Å². The van der Waals surface area contributed by atoms with Gasteiger partial charge in [-0.3, -0.25) is 0 Å². The van der Waals surface area contributed by atoms with Gasteiger partial charge >= 0.3 is 0 Å². The molecule has 0 saturated heterocycles. The van der Waals surface area contributed by atoms with E-state index in [1.165, 1.54) is 5.56 Å². The van der Waals surface area contributed by atoms with Gasteiger partial charge in [0.1, 0.15) is 5.75 Å². The van der Waals surface area contributed by atoms with Crippen molar-refractivity contribution in [2.45, 2.75) is 12.5 Å². The number of ether oxygens (including phenoxy) is 1. The van der Waals surface area contributed by atoms with Crippen molar-refractivity contribution in [2.75, 3.05) is 6.61 Å². The summed E-state index contributed by atoms with van der Waals surface area (Å²) in [6, 6.07) is 11.7. The fourth-order valence-electron chi connectivity index (χ4n) is 2.34. The molecule has 0 spiro atoms. The van der Waals surface area contributed by atoms with Crippen LogP contribution in [0, 0.1) is 0 Å². The molecular weight excluding hydrogens is 326 g/mol. The summed E-state index contributed by atoms with van der Waals surface area (Å²) < 4.78 is 6.37. The van der Waals surface area contributed by atoms with Crippen molar-refractivity contribution < 1.29 is 4.74 Å². The molecule has 0 bridgehead atoms. The van der Waals surface area contributed by atoms with E-state index < -0.39 is 0 Å². The Bertz CT molecular complexity index is 630. The first-order valence-electron chi connectivity index (χ1n) is 6.12. The van der Waals surface area contributed by atoms with Gasteiger partial charge in [-0.2, -0.15) is 0 Å². The van der Waals surface area contributed by atoms with Crippen molar-refractivity contribution in [3.8, 4) is 5.75 Å². The maximum Gasteiger partial charge on any atom is 0.122 e. The third kappa shape index (κ3) is 2.38. The van der Waals surface area contributed by atoms with Crippen molar-refractivity contribution in [1.82, 2.24) is 0 Å². The Hall–Kier alpha value is -1.03. The molecule has 2 nitrogen and oxygen atoms in total. The number of hydrogen-bond donors (Lipinski definition) is 1. The van der Waals surface area contributed by atoms with Crippen LogP contribution in [0.3, 0.4) is 0 Å². The molecule has 2 aromatic carbocycles. The van der Waals surface area contributed by atoms with Crippen molar-refractivity contribution in [3.05, 3.63) is 62.6 Å². The Kier molecular flexibility index (Phi) is 3.52. The van der Waals surface area contributed by atoms with Crippen LogP contribution in [-0.2, 0) is 6.42 Å². The zero-order valence-electron chi connectivity index (χ0n) is 10.2. The predicted octanol–water partition coefficient (Wildman–Crippen LogP) is 4.09. The minimum Gasteiger partial charge on any atom is -0.493 e. The zero-order valence-corrected chi connectivity index (χ0v) is 12.5. The molecule has 3 rings (SSSR count). The lowest BCUT2D eigenvalue weighted by atomic mass is 9.97. The summed E-state index contributed by atoms with van der Waals surface area (Å²) in [6.07, 6.45) is 0.947. The molecule has 0 fully saturated rings. The van der Waals surface area contributed by atoms with E-state index in [1.807, 2.05) is 30.3 Å². The molecule has 0 amide bonds. The van der Waals surface area contributed by atoms with Crippen LogP contribution in [0.15, 0.2) is 40.9 Å². The van der Waals surface area contributed by atoms with E-state index in [1.54, 1.807) is 0 Å². The van der Waals surface area contributed by atoms with E-state index in [0.29, 0.717) is 5.02 Å². The zero-order chi connectivity index (χ0) is 13.4. The number of fused-ring (bicyclic) bond motifs is 1. The van der Waals surface area contributed by atoms with Crippen LogP contribution in [0.4, 0.5) is 0 Å². The van der Waals surface area contributed by atoms with Gasteiger partial charge in [0, 0.05) is 10.9 Å². The summed E-state index contributed by atoms with van der Waals surface area (Å²) in [5.41, 5.74) is 9.54. The third-order valence-electron chi connectivity index (χ3n) is 3.39. The van der Waals surface area contributed by atoms with E-state index in [-0.39, 0.29) is 6.04 Å². The van der Waals surface area contributed by atoms with Crippen molar-refractivity contribution in [3.63, 3.8) is 0 Å². The van der Waals surface area contributed by atoms with Gasteiger partial charge in [-0.15, -0.1) is 0 Å². The first-order chi connectivity index (χ1) is 9.16. The average Bonchev–Trinajstić information content (AvgIpc) is 2.88. The Morgan fingerprint density at radius 1 is 1.26 bits per heavy atom. The first kappa shape index (κ1) is 13.0. The SMILES string of the molecule is NC(c1ccc2c(c1)CCO2)c1cccc(Br)c1Cl. The smallest absolute Gasteiger partial charge is 0.122 e. The van der Waals surface area contributed by atoms with Gasteiger partial charge in [0.25, 0.3) is 0 Å². The lowest BCUT2D eigenvalue weighted by Crippen LogP contribution is -2.12. The van der Waals surface area contributed by atoms with E-state index in [2.05, 4.69) is 22.0 Å². The van der Waals surface area contributed by atoms with E-state index >= 15 is 0 Å². The molecular formula is C15H13BrClNO. The molecule has 0 radical (unpaired) electrons. The summed E-state index contributed by atoms with van der Waals surface area (Å²) in [4.78, 5) is 0. The van der Waals surface area contributed by atoms with Crippen molar-refractivity contribution in [1.29, 1.82) is 0 Å². The van der Waals surface area contributed by atoms with Crippen LogP contribution in [-0.4, -0.2) is 6.61 Å². The van der Waals surface area contributed by atoms with Crippen LogP contribution in [0.2, 0.25) is 5.02 Å². The lowest BCUT2D eigenvalue weighted by molar-refractivity contribution is 0.357. The van der Waals surface area contributed by atoms with Gasteiger partial charge < -0.3 is 10.5 Å². The highest BCUT2D eigenvalue weighted by molar-refractivity contribution is 9.10. The van der Waals surface area contributed by atoms with Crippen LogP contribution in [0.5, 0.6) is 5.75 Å². The third-order valence-corrected chi connectivity index (χ3v) is 4.70. The number of halogens is 2. The largest absolute Gasteiger partial charge is 0.493 e. The summed E-state index contributed by atoms with van der Waals surface area (Å²) >= 11 is 9.73. The van der Waals surface area contributed by atoms with Crippen LogP contribution in [0.1, 0.15) is 22.7 Å². The van der Waals surface area contributed by atoms with E-state index in [9.17, 15) is 0 Å². The Labute approximate surface area is 125 Å². The average molecular weight is 339 g/mol. The molecule has 2 N–H and O–H groups in total. The van der Waals surface area contributed by atoms with Crippen LogP contribution in [0.25, 0.3) is 0 Å². The quantitative estimate of drug-likeness (QED) is 0.895. The van der Waals surface area contributed by atoms with Crippen molar-refractivity contribution >= 4 is 27.5 Å². The van der Waals surface area contributed by atoms with Crippen LogP contribution >= 0.6 is 27.5 Å². The van der Waals surface area contributed by atoms with Crippen LogP contribution < -0.4 is 10.5 Å². The molecule has 1 atom stereocenters. The molecule has 19 heavy (non-hydrogen) atoms. The maximum absolute atomic E-state index is 6.33. The van der Waals surface area contributed by atoms with Gasteiger partial charge in [0.2, 0.25) is 0 Å². The highest BCUT2D eigenvalue weighted by Crippen LogP contribution is 2.34. The summed E-state index contributed by atoms with van der Waals surface area (Å²) in [7, 11) is 0. The second-order valence-corrected chi connectivity index (χ2v) is 5.82. The minimum absolute atomic E-state index is 0.226. The number of benzene rings is 2. The van der Waals surface area contributed by atoms with E-state index in [4.69, 9.17) is 22.1 Å². The van der Waals surface area contributed by atoms with E-state index in [0.717, 1.165) is 34.4 Å². The molecule has 2 aromatic rings. The molecule has 0 aliphatic carbocycles. The second kappa shape index (κ2) is 5.16. The standard InChI is InChI=1S/C15H13BrClNO/c16-12-3-1-2-11(14(12)17)15(18)10-4-5-13-9(8-10)6-7-19-13/h1-5,8,15H,6-7,18H2. The number of nitrogens with two attached hydrogens (primary N) is 1. The Morgan fingerprint density at radius 2 is 2.11 bits per heavy atom. The summed E-state index contributed by atoms with van der Waals surface area (Å²) in [6.45, 7) is 0.756. The maximum atomic E-state index is 6.33. The molecule has 4 heteroatoms. The number of rotatable bonds is 2. The molecule has 1 unspecified atom stereocenters. The second-order valence-electron chi connectivity index (χ2n) is 4.59. The monoisotopic (exact) mass is 337 g/mol. The molecule has 1 aliphatic rings. The normalized spacial score (nSPS) is 14.9. The fraction of sp³-hybridized carbons (Fsp3) is 0.200. The molecule has 1 heterocycles. The van der Waals surface area contributed by atoms with Crippen molar-refractivity contribution in [2.24, 2.45) is 5.73 Å². The fourth-order valence-corrected chi connectivity index (χ4v) is 2.97. The Balaban J connectivity index is 2.00. The highest BCUT2D eigenvalue weighted by atomic mass is 79.9. The van der Waals surface area contributed by atoms with Gasteiger partial charge in [0.05, 0.1) is 17.7 Å². The van der Waals surface area contributed by atoms with Gasteiger partial charge in [-0.25, -0.2) is 0 Å². The summed E-state index contributed by atoms with van der Waals surface area (Å²) in [5, 5.41) is 0.673.